The molecule has 30 heavy (non-hydrogen) atoms. The Morgan fingerprint density at radius 3 is 2.73 bits per heavy atom. The number of hydrogen-bond donors (Lipinski definition) is 3. The van der Waals surface area contributed by atoms with Gasteiger partial charge in [-0.1, -0.05) is 18.2 Å². The predicted octanol–water partition coefficient (Wildman–Crippen LogP) is 0.859. The van der Waals surface area contributed by atoms with Crippen molar-refractivity contribution in [3.8, 4) is 5.75 Å². The van der Waals surface area contributed by atoms with E-state index in [1.54, 1.807) is 56.6 Å². The fraction of sp³-hybridized carbons (Fsp3) is 0.238. The van der Waals surface area contributed by atoms with E-state index in [4.69, 9.17) is 10.1 Å². The fourth-order valence-corrected chi connectivity index (χ4v) is 2.93. The second-order valence-electron chi connectivity index (χ2n) is 6.79. The number of carbonyl (C=O) groups excluding carboxylic acids is 2. The molecule has 0 fully saturated rings. The quantitative estimate of drug-likeness (QED) is 0.612. The van der Waals surface area contributed by atoms with Crippen molar-refractivity contribution >= 4 is 23.2 Å². The average Bonchev–Trinajstić information content (AvgIpc) is 2.85. The number of ether oxygens (including phenoxy) is 1. The van der Waals surface area contributed by atoms with E-state index in [0.29, 0.717) is 17.1 Å². The van der Waals surface area contributed by atoms with Crippen LogP contribution in [0.25, 0.3) is 0 Å². The molecule has 0 aliphatic carbocycles. The molecule has 0 saturated heterocycles. The van der Waals surface area contributed by atoms with Crippen LogP contribution in [0.2, 0.25) is 0 Å². The molecule has 2 amide bonds. The lowest BCUT2D eigenvalue weighted by molar-refractivity contribution is -0.124. The predicted molar refractivity (Wildman–Crippen MR) is 113 cm³/mol. The van der Waals surface area contributed by atoms with Crippen molar-refractivity contribution in [3.63, 3.8) is 0 Å². The summed E-state index contributed by atoms with van der Waals surface area (Å²) in [4.78, 5) is 38.2. The zero-order chi connectivity index (χ0) is 21.7. The molecule has 2 aromatic rings. The first-order valence-electron chi connectivity index (χ1n) is 9.33. The zero-order valence-corrected chi connectivity index (χ0v) is 16.7. The summed E-state index contributed by atoms with van der Waals surface area (Å²) in [5.74, 6) is -0.478. The summed E-state index contributed by atoms with van der Waals surface area (Å²) in [7, 11) is 1.61. The van der Waals surface area contributed by atoms with Gasteiger partial charge < -0.3 is 20.3 Å². The fourth-order valence-electron chi connectivity index (χ4n) is 2.93. The molecule has 0 unspecified atom stereocenters. The van der Waals surface area contributed by atoms with Crippen LogP contribution < -0.4 is 25.8 Å². The third-order valence-electron chi connectivity index (χ3n) is 4.60. The van der Waals surface area contributed by atoms with Gasteiger partial charge in [-0.25, -0.2) is 0 Å². The minimum Gasteiger partial charge on any atom is -0.489 e. The molecule has 1 aliphatic heterocycles. The van der Waals surface area contributed by atoms with Crippen LogP contribution in [0.5, 0.6) is 5.75 Å². The lowest BCUT2D eigenvalue weighted by Crippen LogP contribution is -2.50. The Morgan fingerprint density at radius 2 is 1.97 bits per heavy atom. The molecule has 1 aliphatic rings. The molecule has 156 valence electrons. The highest BCUT2D eigenvalue weighted by atomic mass is 16.5. The summed E-state index contributed by atoms with van der Waals surface area (Å²) in [6.07, 6.45) is 2.97. The third kappa shape index (κ3) is 4.75. The minimum atomic E-state index is -0.917. The van der Waals surface area contributed by atoms with Crippen molar-refractivity contribution in [1.29, 1.82) is 5.41 Å². The van der Waals surface area contributed by atoms with E-state index in [1.807, 2.05) is 0 Å². The van der Waals surface area contributed by atoms with Crippen LogP contribution >= 0.6 is 0 Å². The largest absolute Gasteiger partial charge is 0.489 e. The number of fused-ring (bicyclic) bond motifs is 1. The maximum Gasteiger partial charge on any atom is 0.269 e. The van der Waals surface area contributed by atoms with Gasteiger partial charge in [0.1, 0.15) is 24.1 Å². The second-order valence-corrected chi connectivity index (χ2v) is 6.79. The average molecular weight is 409 g/mol. The standard InChI is InChI=1S/C21H23N5O4/c1-14(23-13-26-10-6-5-9-19(26)27)11-15(22)20(28)24-16-12-30-18-8-4-3-7-17(18)25(2)21(16)29/h3-11,16,22-23H,12-13H2,1-2H3,(H,24,28)/b14-11-,22-15?/t16-/m0/s1. The van der Waals surface area contributed by atoms with E-state index >= 15 is 0 Å². The molecular weight excluding hydrogens is 386 g/mol. The van der Waals surface area contributed by atoms with Crippen molar-refractivity contribution in [1.82, 2.24) is 15.2 Å². The van der Waals surface area contributed by atoms with Gasteiger partial charge in [-0.2, -0.15) is 0 Å². The minimum absolute atomic E-state index is 0.0307. The molecule has 3 rings (SSSR count). The van der Waals surface area contributed by atoms with E-state index < -0.39 is 11.9 Å². The summed E-state index contributed by atoms with van der Waals surface area (Å²) < 4.78 is 7.11. The van der Waals surface area contributed by atoms with Gasteiger partial charge in [0.05, 0.1) is 12.4 Å². The molecular formula is C21H23N5O4. The summed E-state index contributed by atoms with van der Waals surface area (Å²) in [6, 6.07) is 11.0. The highest BCUT2D eigenvalue weighted by Crippen LogP contribution is 2.29. The van der Waals surface area contributed by atoms with Gasteiger partial charge in [-0.15, -0.1) is 0 Å². The number of aromatic nitrogens is 1. The topological polar surface area (TPSA) is 117 Å². The molecule has 9 heteroatoms. The number of benzene rings is 1. The van der Waals surface area contributed by atoms with Crippen LogP contribution in [0.3, 0.4) is 0 Å². The van der Waals surface area contributed by atoms with Gasteiger partial charge >= 0.3 is 0 Å². The zero-order valence-electron chi connectivity index (χ0n) is 16.7. The van der Waals surface area contributed by atoms with E-state index in [2.05, 4.69) is 10.6 Å². The molecule has 0 saturated carbocycles. The molecule has 0 radical (unpaired) electrons. The first-order chi connectivity index (χ1) is 14.4. The summed E-state index contributed by atoms with van der Waals surface area (Å²) in [5, 5.41) is 13.5. The number of para-hydroxylation sites is 2. The lowest BCUT2D eigenvalue weighted by Gasteiger charge is -2.20. The lowest BCUT2D eigenvalue weighted by atomic mass is 10.2. The summed E-state index contributed by atoms with van der Waals surface area (Å²) in [6.45, 7) is 1.85. The van der Waals surface area contributed by atoms with Crippen LogP contribution in [-0.2, 0) is 16.3 Å². The van der Waals surface area contributed by atoms with Crippen LogP contribution in [0, 0.1) is 5.41 Å². The smallest absolute Gasteiger partial charge is 0.269 e. The number of nitrogens with one attached hydrogen (secondary N) is 3. The van der Waals surface area contributed by atoms with Crippen LogP contribution in [0.4, 0.5) is 5.69 Å². The number of amides is 2. The van der Waals surface area contributed by atoms with E-state index in [1.165, 1.54) is 21.6 Å². The normalized spacial score (nSPS) is 16.2. The number of anilines is 1. The van der Waals surface area contributed by atoms with Crippen molar-refractivity contribution in [3.05, 3.63) is 70.8 Å². The highest BCUT2D eigenvalue weighted by Gasteiger charge is 2.30. The van der Waals surface area contributed by atoms with Crippen LogP contribution in [0.15, 0.2) is 65.2 Å². The van der Waals surface area contributed by atoms with Crippen molar-refractivity contribution in [2.75, 3.05) is 18.6 Å². The number of likely N-dealkylation sites (N-methyl/N-ethyl adjacent to an activating group) is 1. The molecule has 3 N–H and O–H groups in total. The Bertz CT molecular complexity index is 1060. The molecule has 1 aromatic heterocycles. The number of pyridine rings is 1. The third-order valence-corrected chi connectivity index (χ3v) is 4.60. The maximum atomic E-state index is 12.7. The Labute approximate surface area is 173 Å². The maximum absolute atomic E-state index is 12.7. The Kier molecular flexibility index (Phi) is 6.31. The first kappa shape index (κ1) is 20.8. The molecule has 1 atom stereocenters. The molecule has 0 bridgehead atoms. The van der Waals surface area contributed by atoms with Gasteiger partial charge in [0, 0.05) is 25.0 Å². The van der Waals surface area contributed by atoms with Crippen LogP contribution in [0.1, 0.15) is 6.92 Å². The Balaban J connectivity index is 1.60. The second kappa shape index (κ2) is 9.08. The summed E-state index contributed by atoms with van der Waals surface area (Å²) in [5.41, 5.74) is 0.657. The van der Waals surface area contributed by atoms with Gasteiger partial charge in [-0.05, 0) is 31.2 Å². The van der Waals surface area contributed by atoms with Crippen LogP contribution in [-0.4, -0.2) is 41.8 Å². The number of hydrogen-bond acceptors (Lipinski definition) is 6. The number of nitrogens with zero attached hydrogens (tertiary/aromatic N) is 2. The van der Waals surface area contributed by atoms with Crippen molar-refractivity contribution < 1.29 is 14.3 Å². The van der Waals surface area contributed by atoms with E-state index in [9.17, 15) is 14.4 Å². The molecule has 1 aromatic carbocycles. The molecule has 0 spiro atoms. The first-order valence-corrected chi connectivity index (χ1v) is 9.33. The molecule has 9 nitrogen and oxygen atoms in total. The van der Waals surface area contributed by atoms with E-state index in [-0.39, 0.29) is 30.5 Å². The van der Waals surface area contributed by atoms with Gasteiger partial charge in [-0.3, -0.25) is 24.4 Å². The monoisotopic (exact) mass is 409 g/mol. The van der Waals surface area contributed by atoms with Crippen molar-refractivity contribution in [2.45, 2.75) is 19.6 Å². The number of allylic oxidation sites excluding steroid dienone is 1. The number of rotatable bonds is 6. The van der Waals surface area contributed by atoms with E-state index in [0.717, 1.165) is 0 Å². The van der Waals surface area contributed by atoms with Gasteiger partial charge in [0.15, 0.2) is 0 Å². The summed E-state index contributed by atoms with van der Waals surface area (Å²) >= 11 is 0. The Morgan fingerprint density at radius 1 is 1.23 bits per heavy atom. The highest BCUT2D eigenvalue weighted by molar-refractivity contribution is 6.42. The van der Waals surface area contributed by atoms with Gasteiger partial charge in [0.2, 0.25) is 0 Å². The molecule has 2 heterocycles. The number of carbonyl (C=O) groups is 2. The van der Waals surface area contributed by atoms with Crippen molar-refractivity contribution in [2.24, 2.45) is 0 Å². The van der Waals surface area contributed by atoms with Gasteiger partial charge in [0.25, 0.3) is 17.4 Å². The SMILES string of the molecule is C/C(=C/C(=N)C(=O)N[C@H]1COc2ccccc2N(C)C1=O)NCn1ccccc1=O. The Hall–Kier alpha value is -3.88.